The minimum absolute atomic E-state index is 0.170. The van der Waals surface area contributed by atoms with Gasteiger partial charge >= 0.3 is 0 Å². The number of ether oxygens (including phenoxy) is 2. The summed E-state index contributed by atoms with van der Waals surface area (Å²) < 4.78 is 10.5. The molecule has 3 rings (SSSR count). The first-order chi connectivity index (χ1) is 11.5. The average Bonchev–Trinajstić information content (AvgIpc) is 3.02. The molecule has 24 heavy (non-hydrogen) atoms. The summed E-state index contributed by atoms with van der Waals surface area (Å²) in [5.74, 6) is 0.879. The quantitative estimate of drug-likeness (QED) is 0.836. The highest BCUT2D eigenvalue weighted by Gasteiger charge is 2.16. The fourth-order valence-electron chi connectivity index (χ4n) is 2.22. The number of hydrogen-bond donors (Lipinski definition) is 2. The van der Waals surface area contributed by atoms with Gasteiger partial charge in [0, 0.05) is 31.0 Å². The summed E-state index contributed by atoms with van der Waals surface area (Å²) in [6, 6.07) is 12.7. The third-order valence-electron chi connectivity index (χ3n) is 3.50. The van der Waals surface area contributed by atoms with Crippen LogP contribution in [0.25, 0.3) is 0 Å². The zero-order valence-corrected chi connectivity index (χ0v) is 14.1. The molecule has 2 N–H and O–H groups in total. The van der Waals surface area contributed by atoms with E-state index in [1.54, 1.807) is 18.2 Å². The maximum absolute atomic E-state index is 12.2. The van der Waals surface area contributed by atoms with E-state index in [0.717, 1.165) is 11.4 Å². The van der Waals surface area contributed by atoms with Gasteiger partial charge in [0.05, 0.1) is 0 Å². The molecule has 6 nitrogen and oxygen atoms in total. The van der Waals surface area contributed by atoms with Gasteiger partial charge in [-0.2, -0.15) is 0 Å². The fourth-order valence-corrected chi connectivity index (χ4v) is 2.43. The van der Waals surface area contributed by atoms with E-state index in [4.69, 9.17) is 21.7 Å². The molecule has 0 atom stereocenters. The molecule has 0 unspecified atom stereocenters. The number of thiocarbonyl (C=S) groups is 1. The largest absolute Gasteiger partial charge is 0.454 e. The zero-order valence-electron chi connectivity index (χ0n) is 13.3. The molecule has 124 valence electrons. The molecule has 1 aliphatic heterocycles. The van der Waals surface area contributed by atoms with Crippen LogP contribution in [0.5, 0.6) is 11.5 Å². The van der Waals surface area contributed by atoms with Crippen LogP contribution in [-0.4, -0.2) is 31.9 Å². The Kier molecular flexibility index (Phi) is 4.52. The van der Waals surface area contributed by atoms with Crippen LogP contribution >= 0.6 is 12.2 Å². The van der Waals surface area contributed by atoms with Crippen molar-refractivity contribution >= 4 is 34.6 Å². The molecule has 0 spiro atoms. The van der Waals surface area contributed by atoms with Gasteiger partial charge < -0.3 is 19.7 Å². The third kappa shape index (κ3) is 3.57. The summed E-state index contributed by atoms with van der Waals surface area (Å²) in [5, 5.41) is 5.87. The molecule has 0 saturated carbocycles. The normalized spacial score (nSPS) is 11.8. The molecule has 2 aromatic rings. The number of carbonyl (C=O) groups is 1. The predicted octanol–water partition coefficient (Wildman–Crippen LogP) is 2.61. The van der Waals surface area contributed by atoms with E-state index in [-0.39, 0.29) is 17.8 Å². The zero-order chi connectivity index (χ0) is 17.1. The van der Waals surface area contributed by atoms with E-state index >= 15 is 0 Å². The molecule has 1 heterocycles. The number of nitrogens with zero attached hydrogens (tertiary/aromatic N) is 1. The molecule has 0 bridgehead atoms. The van der Waals surface area contributed by atoms with Gasteiger partial charge in [-0.05, 0) is 54.7 Å². The first kappa shape index (κ1) is 16.1. The minimum atomic E-state index is -0.310. The lowest BCUT2D eigenvalue weighted by Crippen LogP contribution is -2.34. The molecule has 0 aliphatic carbocycles. The summed E-state index contributed by atoms with van der Waals surface area (Å²) in [6.45, 7) is 0.170. The topological polar surface area (TPSA) is 62.8 Å². The number of carbonyl (C=O) groups excluding carboxylic acids is 1. The van der Waals surface area contributed by atoms with Crippen LogP contribution in [0.15, 0.2) is 42.5 Å². The Hall–Kier alpha value is -2.80. The highest BCUT2D eigenvalue weighted by atomic mass is 32.1. The van der Waals surface area contributed by atoms with Crippen LogP contribution in [0.3, 0.4) is 0 Å². The lowest BCUT2D eigenvalue weighted by molar-refractivity contribution is 0.0977. The van der Waals surface area contributed by atoms with Crippen molar-refractivity contribution in [2.45, 2.75) is 0 Å². The summed E-state index contributed by atoms with van der Waals surface area (Å²) in [4.78, 5) is 14.3. The number of rotatable bonds is 3. The fraction of sp³-hybridized carbons (Fsp3) is 0.176. The lowest BCUT2D eigenvalue weighted by Gasteiger charge is -2.14. The van der Waals surface area contributed by atoms with E-state index in [2.05, 4.69) is 10.6 Å². The molecule has 1 amide bonds. The minimum Gasteiger partial charge on any atom is -0.454 e. The molecule has 0 radical (unpaired) electrons. The van der Waals surface area contributed by atoms with Crippen LogP contribution in [-0.2, 0) is 0 Å². The number of amides is 1. The smallest absolute Gasteiger partial charge is 0.257 e. The molecule has 2 aromatic carbocycles. The second-order valence-corrected chi connectivity index (χ2v) is 5.83. The SMILES string of the molecule is CN(C)c1ccc(NC(=S)NC(=O)c2ccc3c(c2)OCO3)cc1. The standard InChI is InChI=1S/C17H17N3O3S/c1-20(2)13-6-4-12(5-7-13)18-17(24)19-16(21)11-3-8-14-15(9-11)23-10-22-14/h3-9H,10H2,1-2H3,(H2,18,19,21,24). The highest BCUT2D eigenvalue weighted by Crippen LogP contribution is 2.32. The van der Waals surface area contributed by atoms with Crippen molar-refractivity contribution in [1.29, 1.82) is 0 Å². The molecule has 0 saturated heterocycles. The lowest BCUT2D eigenvalue weighted by atomic mass is 10.2. The van der Waals surface area contributed by atoms with Gasteiger partial charge in [-0.1, -0.05) is 0 Å². The number of anilines is 2. The number of benzene rings is 2. The van der Waals surface area contributed by atoms with E-state index in [0.29, 0.717) is 17.1 Å². The van der Waals surface area contributed by atoms with E-state index < -0.39 is 0 Å². The van der Waals surface area contributed by atoms with Gasteiger partial charge in [-0.15, -0.1) is 0 Å². The van der Waals surface area contributed by atoms with Crippen molar-refractivity contribution in [2.24, 2.45) is 0 Å². The Bertz CT molecular complexity index is 775. The van der Waals surface area contributed by atoms with Crippen molar-refractivity contribution in [3.05, 3.63) is 48.0 Å². The second kappa shape index (κ2) is 6.76. The molecule has 7 heteroatoms. The maximum Gasteiger partial charge on any atom is 0.257 e. The first-order valence-corrected chi connectivity index (χ1v) is 7.73. The average molecular weight is 343 g/mol. The van der Waals surface area contributed by atoms with Gasteiger partial charge in [0.25, 0.3) is 5.91 Å². The van der Waals surface area contributed by atoms with Gasteiger partial charge in [0.1, 0.15) is 0 Å². The Balaban J connectivity index is 1.61. The van der Waals surface area contributed by atoms with Crippen molar-refractivity contribution < 1.29 is 14.3 Å². The van der Waals surface area contributed by atoms with Crippen LogP contribution in [0.1, 0.15) is 10.4 Å². The summed E-state index contributed by atoms with van der Waals surface area (Å²) >= 11 is 5.19. The van der Waals surface area contributed by atoms with Crippen LogP contribution in [0.4, 0.5) is 11.4 Å². The van der Waals surface area contributed by atoms with Crippen LogP contribution in [0, 0.1) is 0 Å². The van der Waals surface area contributed by atoms with Crippen molar-refractivity contribution in [3.63, 3.8) is 0 Å². The van der Waals surface area contributed by atoms with Crippen molar-refractivity contribution in [3.8, 4) is 11.5 Å². The Morgan fingerprint density at radius 1 is 1.08 bits per heavy atom. The van der Waals surface area contributed by atoms with Crippen LogP contribution < -0.4 is 25.0 Å². The third-order valence-corrected chi connectivity index (χ3v) is 3.71. The van der Waals surface area contributed by atoms with Gasteiger partial charge in [-0.3, -0.25) is 10.1 Å². The second-order valence-electron chi connectivity index (χ2n) is 5.42. The summed E-state index contributed by atoms with van der Waals surface area (Å²) in [5.41, 5.74) is 2.33. The summed E-state index contributed by atoms with van der Waals surface area (Å²) in [6.07, 6.45) is 0. The van der Waals surface area contributed by atoms with Gasteiger partial charge in [0.2, 0.25) is 6.79 Å². The molecular formula is C17H17N3O3S. The van der Waals surface area contributed by atoms with Gasteiger partial charge in [-0.25, -0.2) is 0 Å². The van der Waals surface area contributed by atoms with Crippen molar-refractivity contribution in [1.82, 2.24) is 5.32 Å². The summed E-state index contributed by atoms with van der Waals surface area (Å²) in [7, 11) is 3.94. The maximum atomic E-state index is 12.2. The van der Waals surface area contributed by atoms with E-state index in [1.165, 1.54) is 0 Å². The van der Waals surface area contributed by atoms with E-state index in [9.17, 15) is 4.79 Å². The Morgan fingerprint density at radius 3 is 2.50 bits per heavy atom. The number of hydrogen-bond acceptors (Lipinski definition) is 5. The van der Waals surface area contributed by atoms with Crippen LogP contribution in [0.2, 0.25) is 0 Å². The Morgan fingerprint density at radius 2 is 1.79 bits per heavy atom. The predicted molar refractivity (Wildman–Crippen MR) is 97.0 cm³/mol. The monoisotopic (exact) mass is 343 g/mol. The number of fused-ring (bicyclic) bond motifs is 1. The number of nitrogens with one attached hydrogen (secondary N) is 2. The van der Waals surface area contributed by atoms with Gasteiger partial charge in [0.15, 0.2) is 16.6 Å². The molecular weight excluding hydrogens is 326 g/mol. The molecule has 0 aromatic heterocycles. The molecule has 1 aliphatic rings. The Labute approximate surface area is 145 Å². The molecule has 0 fully saturated rings. The van der Waals surface area contributed by atoms with E-state index in [1.807, 2.05) is 43.3 Å². The van der Waals surface area contributed by atoms with Crippen molar-refractivity contribution in [2.75, 3.05) is 31.1 Å². The highest BCUT2D eigenvalue weighted by molar-refractivity contribution is 7.80. The first-order valence-electron chi connectivity index (χ1n) is 7.32.